The van der Waals surface area contributed by atoms with E-state index in [1.165, 1.54) is 0 Å². The molecule has 0 radical (unpaired) electrons. The second kappa shape index (κ2) is 3.85. The minimum Gasteiger partial charge on any atom is -0.475 e. The van der Waals surface area contributed by atoms with Gasteiger partial charge in [0.05, 0.1) is 0 Å². The Labute approximate surface area is 88.7 Å². The smallest absolute Gasteiger partial charge is 0.377 e. The molecule has 3 heteroatoms. The van der Waals surface area contributed by atoms with Crippen molar-refractivity contribution >= 4 is 11.8 Å². The first-order valence-corrected chi connectivity index (χ1v) is 4.71. The molecule has 0 aliphatic heterocycles. The molecule has 0 aliphatic rings. The summed E-state index contributed by atoms with van der Waals surface area (Å²) in [6.45, 7) is 7.38. The summed E-state index contributed by atoms with van der Waals surface area (Å²) in [6, 6.07) is 1.85. The summed E-state index contributed by atoms with van der Waals surface area (Å²) in [5.41, 5.74) is 3.87. The van der Waals surface area contributed by atoms with Gasteiger partial charge in [-0.05, 0) is 49.9 Å². The predicted octanol–water partition coefficient (Wildman–Crippen LogP) is 2.19. The van der Waals surface area contributed by atoms with Crippen molar-refractivity contribution in [2.45, 2.75) is 27.7 Å². The van der Waals surface area contributed by atoms with Gasteiger partial charge in [-0.1, -0.05) is 6.07 Å². The van der Waals surface area contributed by atoms with E-state index >= 15 is 0 Å². The number of hydrogen-bond acceptors (Lipinski definition) is 2. The molecule has 15 heavy (non-hydrogen) atoms. The van der Waals surface area contributed by atoms with Gasteiger partial charge in [-0.25, -0.2) is 4.79 Å². The van der Waals surface area contributed by atoms with Gasteiger partial charge in [0.25, 0.3) is 5.78 Å². The molecule has 1 aromatic carbocycles. The molecule has 0 unspecified atom stereocenters. The van der Waals surface area contributed by atoms with Crippen molar-refractivity contribution in [1.29, 1.82) is 0 Å². The van der Waals surface area contributed by atoms with Gasteiger partial charge < -0.3 is 5.11 Å². The van der Waals surface area contributed by atoms with Crippen molar-refractivity contribution in [3.05, 3.63) is 33.9 Å². The molecule has 0 aromatic heterocycles. The number of Topliss-reactive ketones (excluding diaryl/α,β-unsaturated/α-hetero) is 1. The fourth-order valence-corrected chi connectivity index (χ4v) is 1.74. The zero-order chi connectivity index (χ0) is 11.7. The summed E-state index contributed by atoms with van der Waals surface area (Å²) < 4.78 is 0. The average Bonchev–Trinajstić information content (AvgIpc) is 2.14. The molecule has 0 aliphatic carbocycles. The molecule has 0 spiro atoms. The summed E-state index contributed by atoms with van der Waals surface area (Å²) in [5, 5.41) is 8.69. The number of ketones is 1. The van der Waals surface area contributed by atoms with Crippen molar-refractivity contribution in [3.63, 3.8) is 0 Å². The molecule has 0 heterocycles. The van der Waals surface area contributed by atoms with Crippen LogP contribution in [0.15, 0.2) is 6.07 Å². The van der Waals surface area contributed by atoms with Gasteiger partial charge in [0.1, 0.15) is 0 Å². The number of carboxylic acids is 1. The zero-order valence-electron chi connectivity index (χ0n) is 9.34. The molecule has 0 fully saturated rings. The van der Waals surface area contributed by atoms with Crippen LogP contribution in [0.3, 0.4) is 0 Å². The van der Waals surface area contributed by atoms with Crippen LogP contribution in [0.1, 0.15) is 32.6 Å². The third-order valence-corrected chi connectivity index (χ3v) is 2.78. The molecular weight excluding hydrogens is 192 g/mol. The van der Waals surface area contributed by atoms with Gasteiger partial charge in [0.15, 0.2) is 0 Å². The van der Waals surface area contributed by atoms with Gasteiger partial charge in [-0.3, -0.25) is 4.79 Å². The van der Waals surface area contributed by atoms with Crippen LogP contribution in [0.5, 0.6) is 0 Å². The molecule has 1 N–H and O–H groups in total. The summed E-state index contributed by atoms with van der Waals surface area (Å²) in [4.78, 5) is 22.1. The van der Waals surface area contributed by atoms with Crippen LogP contribution < -0.4 is 0 Å². The Balaban J connectivity index is 3.49. The number of carboxylic acid groups (broad SMARTS) is 1. The number of aliphatic carboxylic acids is 1. The lowest BCUT2D eigenvalue weighted by Gasteiger charge is -2.12. The Bertz CT molecular complexity index is 445. The fourth-order valence-electron chi connectivity index (χ4n) is 1.74. The van der Waals surface area contributed by atoms with Crippen LogP contribution in [0, 0.1) is 27.7 Å². The number of carbonyl (C=O) groups excluding carboxylic acids is 1. The van der Waals surface area contributed by atoms with Crippen LogP contribution in [0.4, 0.5) is 0 Å². The molecule has 1 aromatic rings. The zero-order valence-corrected chi connectivity index (χ0v) is 9.34. The largest absolute Gasteiger partial charge is 0.475 e. The van der Waals surface area contributed by atoms with Crippen molar-refractivity contribution in [1.82, 2.24) is 0 Å². The molecular formula is C12H14O3. The second-order valence-electron chi connectivity index (χ2n) is 3.77. The monoisotopic (exact) mass is 206 g/mol. The van der Waals surface area contributed by atoms with Crippen LogP contribution in [-0.2, 0) is 4.79 Å². The lowest BCUT2D eigenvalue weighted by atomic mass is 9.92. The average molecular weight is 206 g/mol. The van der Waals surface area contributed by atoms with E-state index in [1.54, 1.807) is 13.8 Å². The number of aryl methyl sites for hydroxylation is 2. The van der Waals surface area contributed by atoms with Gasteiger partial charge in [0, 0.05) is 5.56 Å². The molecule has 0 amide bonds. The molecule has 0 atom stereocenters. The highest BCUT2D eigenvalue weighted by Gasteiger charge is 2.20. The quantitative estimate of drug-likeness (QED) is 0.596. The van der Waals surface area contributed by atoms with E-state index in [9.17, 15) is 9.59 Å². The van der Waals surface area contributed by atoms with Gasteiger partial charge in [-0.2, -0.15) is 0 Å². The molecule has 3 nitrogen and oxygen atoms in total. The number of carbonyl (C=O) groups is 2. The van der Waals surface area contributed by atoms with E-state index in [2.05, 4.69) is 0 Å². The standard InChI is InChI=1S/C12H14O3/c1-6-5-7(2)10(9(4)8(6)3)11(13)12(14)15/h5H,1-4H3,(H,14,15). The number of rotatable bonds is 2. The topological polar surface area (TPSA) is 54.4 Å². The highest BCUT2D eigenvalue weighted by atomic mass is 16.4. The highest BCUT2D eigenvalue weighted by molar-refractivity contribution is 6.40. The van der Waals surface area contributed by atoms with Crippen LogP contribution in [-0.4, -0.2) is 16.9 Å². The second-order valence-corrected chi connectivity index (χ2v) is 3.77. The first kappa shape index (κ1) is 11.4. The summed E-state index contributed by atoms with van der Waals surface area (Å²) >= 11 is 0. The summed E-state index contributed by atoms with van der Waals surface area (Å²) in [6.07, 6.45) is 0. The minimum absolute atomic E-state index is 0.325. The third kappa shape index (κ3) is 1.91. The number of benzene rings is 1. The van der Waals surface area contributed by atoms with Gasteiger partial charge >= 0.3 is 5.97 Å². The van der Waals surface area contributed by atoms with Crippen molar-refractivity contribution in [3.8, 4) is 0 Å². The lowest BCUT2D eigenvalue weighted by molar-refractivity contribution is -0.131. The molecule has 0 saturated heterocycles. The van der Waals surface area contributed by atoms with Crippen LogP contribution >= 0.6 is 0 Å². The highest BCUT2D eigenvalue weighted by Crippen LogP contribution is 2.21. The van der Waals surface area contributed by atoms with Crippen molar-refractivity contribution in [2.24, 2.45) is 0 Å². The third-order valence-electron chi connectivity index (χ3n) is 2.78. The Kier molecular flexibility index (Phi) is 2.93. The van der Waals surface area contributed by atoms with E-state index in [4.69, 9.17) is 5.11 Å². The molecule has 80 valence electrons. The van der Waals surface area contributed by atoms with E-state index < -0.39 is 11.8 Å². The van der Waals surface area contributed by atoms with Crippen LogP contribution in [0.25, 0.3) is 0 Å². The predicted molar refractivity (Wildman–Crippen MR) is 57.4 cm³/mol. The Hall–Kier alpha value is -1.64. The SMILES string of the molecule is Cc1cc(C)c(C(=O)C(=O)O)c(C)c1C. The maximum Gasteiger partial charge on any atom is 0.377 e. The summed E-state index contributed by atoms with van der Waals surface area (Å²) in [7, 11) is 0. The minimum atomic E-state index is -1.40. The van der Waals surface area contributed by atoms with Gasteiger partial charge in [0.2, 0.25) is 0 Å². The Morgan fingerprint density at radius 2 is 1.53 bits per heavy atom. The lowest BCUT2D eigenvalue weighted by Crippen LogP contribution is -2.16. The van der Waals surface area contributed by atoms with E-state index in [1.807, 2.05) is 19.9 Å². The maximum absolute atomic E-state index is 11.5. The Morgan fingerprint density at radius 1 is 1.00 bits per heavy atom. The summed E-state index contributed by atoms with van der Waals surface area (Å²) in [5.74, 6) is -2.22. The molecule has 1 rings (SSSR count). The van der Waals surface area contributed by atoms with Crippen molar-refractivity contribution in [2.75, 3.05) is 0 Å². The normalized spacial score (nSPS) is 10.1. The fraction of sp³-hybridized carbons (Fsp3) is 0.333. The van der Waals surface area contributed by atoms with E-state index in [0.717, 1.165) is 22.3 Å². The molecule has 0 saturated carbocycles. The number of hydrogen-bond donors (Lipinski definition) is 1. The first-order valence-electron chi connectivity index (χ1n) is 4.71. The van der Waals surface area contributed by atoms with Gasteiger partial charge in [-0.15, -0.1) is 0 Å². The van der Waals surface area contributed by atoms with Crippen LogP contribution in [0.2, 0.25) is 0 Å². The first-order chi connectivity index (χ1) is 6.86. The maximum atomic E-state index is 11.5. The van der Waals surface area contributed by atoms with Crippen molar-refractivity contribution < 1.29 is 14.7 Å². The molecule has 0 bridgehead atoms. The van der Waals surface area contributed by atoms with E-state index in [-0.39, 0.29) is 0 Å². The Morgan fingerprint density at radius 3 is 2.00 bits per heavy atom. The van der Waals surface area contributed by atoms with E-state index in [0.29, 0.717) is 5.56 Å².